The number of ether oxygens (including phenoxy) is 1. The molecule has 1 aliphatic heterocycles. The highest BCUT2D eigenvalue weighted by atomic mass is 35.5. The fourth-order valence-corrected chi connectivity index (χ4v) is 2.63. The standard InChI is InChI=1S/C18H13ClN2O4/c1-25-15-8-3-2-5-11(15)9-14-16(22)20-18(24)21(17(14)23)13-7-4-6-12(19)10-13/h2-10H,1H3,(H,20,22,24)/b14-9+. The van der Waals surface area contributed by atoms with E-state index in [4.69, 9.17) is 16.3 Å². The minimum atomic E-state index is -0.825. The first-order valence-corrected chi connectivity index (χ1v) is 7.69. The zero-order chi connectivity index (χ0) is 18.0. The number of nitrogens with zero attached hydrogens (tertiary/aromatic N) is 1. The summed E-state index contributed by atoms with van der Waals surface area (Å²) in [6.45, 7) is 0. The number of benzene rings is 2. The monoisotopic (exact) mass is 356 g/mol. The third-order valence-electron chi connectivity index (χ3n) is 3.61. The number of imide groups is 2. The molecule has 0 spiro atoms. The molecule has 3 rings (SSSR count). The Morgan fingerprint density at radius 1 is 1.08 bits per heavy atom. The first-order valence-electron chi connectivity index (χ1n) is 7.31. The Morgan fingerprint density at radius 2 is 1.84 bits per heavy atom. The summed E-state index contributed by atoms with van der Waals surface area (Å²) in [6.07, 6.45) is 1.39. The molecule has 2 aromatic carbocycles. The molecule has 0 atom stereocenters. The van der Waals surface area contributed by atoms with Gasteiger partial charge in [0.25, 0.3) is 11.8 Å². The quantitative estimate of drug-likeness (QED) is 0.677. The van der Waals surface area contributed by atoms with Gasteiger partial charge in [-0.05, 0) is 30.3 Å². The van der Waals surface area contributed by atoms with E-state index in [9.17, 15) is 14.4 Å². The fourth-order valence-electron chi connectivity index (χ4n) is 2.45. The SMILES string of the molecule is COc1ccccc1/C=C1\C(=O)NC(=O)N(c2cccc(Cl)c2)C1=O. The van der Waals surface area contributed by atoms with Crippen molar-refractivity contribution in [3.63, 3.8) is 0 Å². The number of barbiturate groups is 1. The van der Waals surface area contributed by atoms with Crippen LogP contribution in [0.2, 0.25) is 5.02 Å². The summed E-state index contributed by atoms with van der Waals surface area (Å²) in [5.74, 6) is -0.997. The van der Waals surface area contributed by atoms with Crippen LogP contribution in [0.25, 0.3) is 6.08 Å². The molecule has 2 aromatic rings. The second-order valence-electron chi connectivity index (χ2n) is 5.18. The Morgan fingerprint density at radius 3 is 2.56 bits per heavy atom. The lowest BCUT2D eigenvalue weighted by atomic mass is 10.1. The molecule has 7 heteroatoms. The number of rotatable bonds is 3. The maximum absolute atomic E-state index is 12.8. The van der Waals surface area contributed by atoms with Crippen molar-refractivity contribution >= 4 is 41.2 Å². The number of para-hydroxylation sites is 1. The number of hydrogen-bond donors (Lipinski definition) is 1. The van der Waals surface area contributed by atoms with Gasteiger partial charge in [-0.25, -0.2) is 9.69 Å². The van der Waals surface area contributed by atoms with Gasteiger partial charge in [0.2, 0.25) is 0 Å². The molecular formula is C18H13ClN2O4. The largest absolute Gasteiger partial charge is 0.496 e. The van der Waals surface area contributed by atoms with Crippen molar-refractivity contribution in [3.8, 4) is 5.75 Å². The van der Waals surface area contributed by atoms with E-state index in [1.54, 1.807) is 42.5 Å². The zero-order valence-electron chi connectivity index (χ0n) is 13.2. The Bertz CT molecular complexity index is 907. The second-order valence-corrected chi connectivity index (χ2v) is 5.62. The number of hydrogen-bond acceptors (Lipinski definition) is 4. The molecule has 6 nitrogen and oxygen atoms in total. The van der Waals surface area contributed by atoms with Gasteiger partial charge in [0.05, 0.1) is 12.8 Å². The van der Waals surface area contributed by atoms with E-state index < -0.39 is 17.8 Å². The molecule has 0 radical (unpaired) electrons. The van der Waals surface area contributed by atoms with Crippen LogP contribution >= 0.6 is 11.6 Å². The van der Waals surface area contributed by atoms with Gasteiger partial charge >= 0.3 is 6.03 Å². The smallest absolute Gasteiger partial charge is 0.335 e. The van der Waals surface area contributed by atoms with Crippen LogP contribution in [0.4, 0.5) is 10.5 Å². The molecule has 1 N–H and O–H groups in total. The first kappa shape index (κ1) is 16.7. The van der Waals surface area contributed by atoms with Gasteiger partial charge in [0.1, 0.15) is 11.3 Å². The molecule has 0 aromatic heterocycles. The topological polar surface area (TPSA) is 75.7 Å². The van der Waals surface area contributed by atoms with Gasteiger partial charge in [0, 0.05) is 10.6 Å². The van der Waals surface area contributed by atoms with Gasteiger partial charge in [-0.1, -0.05) is 35.9 Å². The van der Waals surface area contributed by atoms with Crippen molar-refractivity contribution in [2.45, 2.75) is 0 Å². The Kier molecular flexibility index (Phi) is 4.54. The van der Waals surface area contributed by atoms with Crippen LogP contribution in [0.1, 0.15) is 5.56 Å². The summed E-state index contributed by atoms with van der Waals surface area (Å²) in [4.78, 5) is 37.9. The lowest BCUT2D eigenvalue weighted by Crippen LogP contribution is -2.54. The lowest BCUT2D eigenvalue weighted by Gasteiger charge is -2.26. The molecule has 0 aliphatic carbocycles. The van der Waals surface area contributed by atoms with Crippen LogP contribution in [0.15, 0.2) is 54.1 Å². The number of amides is 4. The predicted molar refractivity (Wildman–Crippen MR) is 93.4 cm³/mol. The highest BCUT2D eigenvalue weighted by molar-refractivity contribution is 6.39. The van der Waals surface area contributed by atoms with E-state index in [1.807, 2.05) is 0 Å². The zero-order valence-corrected chi connectivity index (χ0v) is 13.9. The van der Waals surface area contributed by atoms with Gasteiger partial charge < -0.3 is 4.74 Å². The number of halogens is 1. The molecule has 0 bridgehead atoms. The molecule has 1 aliphatic rings. The predicted octanol–water partition coefficient (Wildman–Crippen LogP) is 3.02. The fraction of sp³-hybridized carbons (Fsp3) is 0.0556. The average Bonchev–Trinajstić information content (AvgIpc) is 2.59. The average molecular weight is 357 g/mol. The van der Waals surface area contributed by atoms with Crippen molar-refractivity contribution in [3.05, 3.63) is 64.7 Å². The van der Waals surface area contributed by atoms with Gasteiger partial charge in [-0.15, -0.1) is 0 Å². The molecule has 4 amide bonds. The van der Waals surface area contributed by atoms with Crippen LogP contribution in [0.5, 0.6) is 5.75 Å². The Labute approximate surface area is 148 Å². The second kappa shape index (κ2) is 6.78. The summed E-state index contributed by atoms with van der Waals surface area (Å²) < 4.78 is 5.22. The first-order chi connectivity index (χ1) is 12.0. The van der Waals surface area contributed by atoms with Crippen LogP contribution in [-0.4, -0.2) is 25.0 Å². The molecule has 126 valence electrons. The maximum atomic E-state index is 12.8. The number of nitrogens with one attached hydrogen (secondary N) is 1. The minimum Gasteiger partial charge on any atom is -0.496 e. The minimum absolute atomic E-state index is 0.177. The van der Waals surface area contributed by atoms with E-state index in [1.165, 1.54) is 19.3 Å². The number of carbonyl (C=O) groups is 3. The molecule has 1 fully saturated rings. The summed E-state index contributed by atoms with van der Waals surface area (Å²) >= 11 is 5.93. The van der Waals surface area contributed by atoms with E-state index in [-0.39, 0.29) is 11.3 Å². The highest BCUT2D eigenvalue weighted by Gasteiger charge is 2.37. The number of carbonyl (C=O) groups excluding carboxylic acids is 3. The van der Waals surface area contributed by atoms with Crippen molar-refractivity contribution in [1.29, 1.82) is 0 Å². The maximum Gasteiger partial charge on any atom is 0.335 e. The van der Waals surface area contributed by atoms with Gasteiger partial charge in [-0.2, -0.15) is 0 Å². The molecule has 0 saturated carbocycles. The van der Waals surface area contributed by atoms with Crippen molar-refractivity contribution < 1.29 is 19.1 Å². The van der Waals surface area contributed by atoms with Gasteiger partial charge in [0.15, 0.2) is 0 Å². The molecule has 25 heavy (non-hydrogen) atoms. The van der Waals surface area contributed by atoms with Gasteiger partial charge in [-0.3, -0.25) is 14.9 Å². The lowest BCUT2D eigenvalue weighted by molar-refractivity contribution is -0.122. The van der Waals surface area contributed by atoms with E-state index in [2.05, 4.69) is 5.32 Å². The summed E-state index contributed by atoms with van der Waals surface area (Å²) in [5, 5.41) is 2.53. The third kappa shape index (κ3) is 3.25. The third-order valence-corrected chi connectivity index (χ3v) is 3.84. The summed E-state index contributed by atoms with van der Waals surface area (Å²) in [5.41, 5.74) is 0.640. The summed E-state index contributed by atoms with van der Waals surface area (Å²) in [7, 11) is 1.49. The number of anilines is 1. The normalized spacial score (nSPS) is 16.2. The van der Waals surface area contributed by atoms with Crippen LogP contribution < -0.4 is 15.0 Å². The van der Waals surface area contributed by atoms with Crippen LogP contribution in [0.3, 0.4) is 0 Å². The van der Waals surface area contributed by atoms with Crippen molar-refractivity contribution in [2.75, 3.05) is 12.0 Å². The molecular weight excluding hydrogens is 344 g/mol. The molecule has 1 heterocycles. The van der Waals surface area contributed by atoms with Crippen LogP contribution in [0, 0.1) is 0 Å². The van der Waals surface area contributed by atoms with E-state index in [0.717, 1.165) is 4.90 Å². The molecule has 1 saturated heterocycles. The Hall–Kier alpha value is -3.12. The molecule has 0 unspecified atom stereocenters. The Balaban J connectivity index is 2.05. The van der Waals surface area contributed by atoms with Crippen molar-refractivity contribution in [2.24, 2.45) is 0 Å². The van der Waals surface area contributed by atoms with E-state index in [0.29, 0.717) is 16.3 Å². The van der Waals surface area contributed by atoms with Crippen molar-refractivity contribution in [1.82, 2.24) is 5.32 Å². The number of urea groups is 1. The highest BCUT2D eigenvalue weighted by Crippen LogP contribution is 2.26. The number of methoxy groups -OCH3 is 1. The van der Waals surface area contributed by atoms with E-state index >= 15 is 0 Å². The van der Waals surface area contributed by atoms with Crippen LogP contribution in [-0.2, 0) is 9.59 Å². The summed E-state index contributed by atoms with van der Waals surface area (Å²) in [6, 6.07) is 12.4.